The summed E-state index contributed by atoms with van der Waals surface area (Å²) < 4.78 is 1.86. The summed E-state index contributed by atoms with van der Waals surface area (Å²) in [6, 6.07) is 5.00. The highest BCUT2D eigenvalue weighted by Gasteiger charge is 2.40. The Bertz CT molecular complexity index is 996. The van der Waals surface area contributed by atoms with Crippen LogP contribution in [0, 0.1) is 5.92 Å². The molecule has 5 heterocycles. The number of thioether (sulfide) groups is 1. The van der Waals surface area contributed by atoms with Gasteiger partial charge in [0.15, 0.2) is 5.65 Å². The van der Waals surface area contributed by atoms with E-state index in [1.54, 1.807) is 0 Å². The van der Waals surface area contributed by atoms with E-state index >= 15 is 0 Å². The molecule has 3 saturated heterocycles. The molecule has 8 nitrogen and oxygen atoms in total. The third kappa shape index (κ3) is 3.78. The van der Waals surface area contributed by atoms with Crippen LogP contribution in [0.4, 0.5) is 5.82 Å². The van der Waals surface area contributed by atoms with Crippen LogP contribution in [0.5, 0.6) is 0 Å². The summed E-state index contributed by atoms with van der Waals surface area (Å²) in [6.45, 7) is 2.65. The summed E-state index contributed by atoms with van der Waals surface area (Å²) in [5, 5.41) is 9.03. The Hall–Kier alpha value is -1.84. The van der Waals surface area contributed by atoms with Crippen LogP contribution in [0.15, 0.2) is 18.3 Å². The number of fused-ring (bicyclic) bond motifs is 2. The molecule has 1 aliphatic carbocycles. The molecule has 1 saturated carbocycles. The van der Waals surface area contributed by atoms with E-state index in [9.17, 15) is 4.79 Å². The quantitative estimate of drug-likeness (QED) is 0.733. The summed E-state index contributed by atoms with van der Waals surface area (Å²) in [6.07, 6.45) is 9.35. The number of hydrogen-bond acceptors (Lipinski definition) is 7. The van der Waals surface area contributed by atoms with Gasteiger partial charge in [-0.2, -0.15) is 5.10 Å². The number of nitrogens with one attached hydrogen (secondary N) is 1. The second-order valence-corrected chi connectivity index (χ2v) is 11.1. The number of nitrogens with zero attached hydrogens (tertiary/aromatic N) is 5. The molecule has 2 aromatic heterocycles. The summed E-state index contributed by atoms with van der Waals surface area (Å²) in [5.74, 6) is 2.50. The molecule has 3 aliphatic heterocycles. The maximum atomic E-state index is 13.6. The van der Waals surface area contributed by atoms with E-state index in [1.165, 1.54) is 0 Å². The maximum absolute atomic E-state index is 13.6. The fraction of sp³-hybridized carbons (Fsp3) is 0.696. The lowest BCUT2D eigenvalue weighted by Crippen LogP contribution is -2.46. The molecule has 3 N–H and O–H groups in total. The van der Waals surface area contributed by atoms with Gasteiger partial charge in [0.05, 0.1) is 11.7 Å². The van der Waals surface area contributed by atoms with Crippen molar-refractivity contribution in [2.24, 2.45) is 11.7 Å². The van der Waals surface area contributed by atoms with Crippen molar-refractivity contribution in [3.8, 4) is 0 Å². The van der Waals surface area contributed by atoms with Crippen LogP contribution in [-0.2, 0) is 4.79 Å². The van der Waals surface area contributed by atoms with Gasteiger partial charge in [0.25, 0.3) is 0 Å². The van der Waals surface area contributed by atoms with Gasteiger partial charge in [-0.15, -0.1) is 11.8 Å². The molecule has 0 aromatic carbocycles. The predicted octanol–water partition coefficient (Wildman–Crippen LogP) is 2.15. The number of anilines is 1. The van der Waals surface area contributed by atoms with Gasteiger partial charge in [-0.25, -0.2) is 9.50 Å². The Morgan fingerprint density at radius 2 is 2.12 bits per heavy atom. The average Bonchev–Trinajstić information content (AvgIpc) is 3.56. The van der Waals surface area contributed by atoms with Crippen LogP contribution < -0.4 is 16.0 Å². The number of amides is 1. The summed E-state index contributed by atoms with van der Waals surface area (Å²) in [5.41, 5.74) is 7.91. The monoisotopic (exact) mass is 455 g/mol. The average molecular weight is 456 g/mol. The van der Waals surface area contributed by atoms with Crippen LogP contribution in [0.25, 0.3) is 5.65 Å². The van der Waals surface area contributed by atoms with Crippen molar-refractivity contribution in [1.29, 1.82) is 0 Å². The normalized spacial score (nSPS) is 33.1. The highest BCUT2D eigenvalue weighted by Crippen LogP contribution is 2.39. The Morgan fingerprint density at radius 1 is 1.19 bits per heavy atom. The van der Waals surface area contributed by atoms with Crippen LogP contribution in [0.3, 0.4) is 0 Å². The van der Waals surface area contributed by atoms with Crippen LogP contribution >= 0.6 is 11.8 Å². The Morgan fingerprint density at radius 3 is 3.00 bits per heavy atom. The van der Waals surface area contributed by atoms with Crippen LogP contribution in [0.1, 0.15) is 56.7 Å². The van der Waals surface area contributed by atoms with E-state index in [-0.39, 0.29) is 18.0 Å². The summed E-state index contributed by atoms with van der Waals surface area (Å²) in [7, 11) is 0. The molecule has 0 bridgehead atoms. The van der Waals surface area contributed by atoms with Gasteiger partial charge in [-0.3, -0.25) is 4.79 Å². The third-order valence-corrected chi connectivity index (χ3v) is 9.07. The smallest absolute Gasteiger partial charge is 0.226 e. The fourth-order valence-corrected chi connectivity index (χ4v) is 7.35. The van der Waals surface area contributed by atoms with E-state index in [2.05, 4.69) is 21.2 Å². The molecule has 1 amide bonds. The largest absolute Gasteiger partial charge is 0.355 e. The van der Waals surface area contributed by atoms with E-state index < -0.39 is 0 Å². The minimum Gasteiger partial charge on any atom is -0.355 e. The van der Waals surface area contributed by atoms with Crippen molar-refractivity contribution in [3.05, 3.63) is 24.0 Å². The SMILES string of the molecule is N[C@H]1CCN(c2ccn3nc([C@@H]4CCCCN4C(=O)C4CCC5NCSC5C4)cc3n2)C1. The molecule has 6 rings (SSSR count). The van der Waals surface area contributed by atoms with E-state index in [0.717, 1.165) is 87.6 Å². The first-order chi connectivity index (χ1) is 15.7. The molecule has 0 spiro atoms. The number of piperidine rings is 1. The predicted molar refractivity (Wildman–Crippen MR) is 127 cm³/mol. The Balaban J connectivity index is 1.23. The standard InChI is InChI=1S/C23H33N7OS/c24-16-6-9-28(13-16)21-7-10-30-22(26-21)12-18(27-30)19-3-1-2-8-29(19)23(31)15-4-5-17-20(11-15)32-14-25-17/h7,10,12,15-17,19-20,25H,1-6,8-9,11,13-14,24H2/t15?,16-,17?,19-,20?/m0/s1. The summed E-state index contributed by atoms with van der Waals surface area (Å²) >= 11 is 1.99. The first-order valence-electron chi connectivity index (χ1n) is 12.2. The number of nitrogens with two attached hydrogens (primary N) is 1. The number of hydrogen-bond donors (Lipinski definition) is 2. The van der Waals surface area contributed by atoms with Gasteiger partial charge in [-0.05, 0) is 51.0 Å². The lowest BCUT2D eigenvalue weighted by molar-refractivity contribution is -0.140. The Labute approximate surface area is 193 Å². The van der Waals surface area contributed by atoms with E-state index in [4.69, 9.17) is 15.8 Å². The minimum absolute atomic E-state index is 0.0636. The van der Waals surface area contributed by atoms with Gasteiger partial charge in [0, 0.05) is 61.0 Å². The number of carbonyl (C=O) groups excluding carboxylic acids is 1. The van der Waals surface area contributed by atoms with Crippen molar-refractivity contribution in [2.75, 3.05) is 30.4 Å². The number of carbonyl (C=O) groups is 1. The van der Waals surface area contributed by atoms with Gasteiger partial charge in [0.2, 0.25) is 5.91 Å². The first kappa shape index (κ1) is 20.7. The first-order valence-corrected chi connectivity index (χ1v) is 13.2. The highest BCUT2D eigenvalue weighted by molar-refractivity contribution is 8.00. The lowest BCUT2D eigenvalue weighted by Gasteiger charge is -2.39. The molecule has 4 fully saturated rings. The maximum Gasteiger partial charge on any atom is 0.226 e. The van der Waals surface area contributed by atoms with E-state index in [1.807, 2.05) is 28.5 Å². The highest BCUT2D eigenvalue weighted by atomic mass is 32.2. The van der Waals surface area contributed by atoms with Crippen molar-refractivity contribution in [1.82, 2.24) is 24.8 Å². The number of rotatable bonds is 3. The zero-order valence-electron chi connectivity index (χ0n) is 18.5. The second-order valence-electron chi connectivity index (χ2n) is 9.87. The molecule has 5 atom stereocenters. The zero-order chi connectivity index (χ0) is 21.7. The topological polar surface area (TPSA) is 91.8 Å². The molecular weight excluding hydrogens is 422 g/mol. The number of aromatic nitrogens is 3. The molecular formula is C23H33N7OS. The lowest BCUT2D eigenvalue weighted by atomic mass is 9.84. The zero-order valence-corrected chi connectivity index (χ0v) is 19.3. The molecule has 0 radical (unpaired) electrons. The van der Waals surface area contributed by atoms with Crippen molar-refractivity contribution in [2.45, 2.75) is 68.3 Å². The minimum atomic E-state index is 0.0636. The Kier molecular flexibility index (Phi) is 5.51. The molecule has 2 aromatic rings. The van der Waals surface area contributed by atoms with Crippen molar-refractivity contribution in [3.63, 3.8) is 0 Å². The van der Waals surface area contributed by atoms with Gasteiger partial charge < -0.3 is 20.9 Å². The van der Waals surface area contributed by atoms with Crippen molar-refractivity contribution < 1.29 is 4.79 Å². The van der Waals surface area contributed by atoms with Gasteiger partial charge in [0.1, 0.15) is 5.82 Å². The van der Waals surface area contributed by atoms with Gasteiger partial charge >= 0.3 is 0 Å². The molecule has 4 aliphatic rings. The second kappa shape index (κ2) is 8.50. The molecule has 32 heavy (non-hydrogen) atoms. The van der Waals surface area contributed by atoms with Crippen LogP contribution in [-0.4, -0.2) is 68.2 Å². The third-order valence-electron chi connectivity index (χ3n) is 7.79. The van der Waals surface area contributed by atoms with Crippen molar-refractivity contribution >= 4 is 29.1 Å². The fourth-order valence-electron chi connectivity index (χ4n) is 5.99. The van der Waals surface area contributed by atoms with E-state index in [0.29, 0.717) is 17.2 Å². The molecule has 3 unspecified atom stereocenters. The molecule has 9 heteroatoms. The van der Waals surface area contributed by atoms with Crippen LogP contribution in [0.2, 0.25) is 0 Å². The number of likely N-dealkylation sites (tertiary alicyclic amines) is 1. The molecule has 172 valence electrons. The van der Waals surface area contributed by atoms with Gasteiger partial charge in [-0.1, -0.05) is 0 Å². The summed E-state index contributed by atoms with van der Waals surface area (Å²) in [4.78, 5) is 22.9.